The summed E-state index contributed by atoms with van der Waals surface area (Å²) in [5, 5.41) is 12.9. The number of aliphatic hydroxyl groups is 1. The van der Waals surface area contributed by atoms with Gasteiger partial charge in [0.2, 0.25) is 0 Å². The van der Waals surface area contributed by atoms with Crippen molar-refractivity contribution in [2.24, 2.45) is 0 Å². The number of aromatic nitrogens is 2. The highest BCUT2D eigenvalue weighted by Gasteiger charge is 2.42. The van der Waals surface area contributed by atoms with E-state index < -0.39 is 0 Å². The van der Waals surface area contributed by atoms with Crippen LogP contribution in [0.3, 0.4) is 0 Å². The van der Waals surface area contributed by atoms with Gasteiger partial charge in [0.1, 0.15) is 5.82 Å². The van der Waals surface area contributed by atoms with Gasteiger partial charge in [0.15, 0.2) is 0 Å². The molecule has 0 radical (unpaired) electrons. The van der Waals surface area contributed by atoms with Gasteiger partial charge < -0.3 is 19.9 Å². The lowest BCUT2D eigenvalue weighted by Gasteiger charge is -2.37. The first-order chi connectivity index (χ1) is 12.7. The monoisotopic (exact) mass is 354 g/mol. The summed E-state index contributed by atoms with van der Waals surface area (Å²) in [5.74, 6) is 0.978. The molecule has 2 N–H and O–H groups in total. The minimum absolute atomic E-state index is 0.00515. The van der Waals surface area contributed by atoms with Crippen LogP contribution in [0, 0.1) is 0 Å². The molecule has 138 valence electrons. The van der Waals surface area contributed by atoms with Gasteiger partial charge in [-0.25, -0.2) is 9.78 Å². The Morgan fingerprint density at radius 1 is 1.19 bits per heavy atom. The Kier molecular flexibility index (Phi) is 4.93. The zero-order chi connectivity index (χ0) is 17.9. The summed E-state index contributed by atoms with van der Waals surface area (Å²) < 4.78 is 2.13. The van der Waals surface area contributed by atoms with Crippen molar-refractivity contribution in [2.75, 3.05) is 6.54 Å². The van der Waals surface area contributed by atoms with Crippen molar-refractivity contribution in [3.8, 4) is 0 Å². The van der Waals surface area contributed by atoms with Crippen molar-refractivity contribution in [1.29, 1.82) is 0 Å². The number of amides is 2. The van der Waals surface area contributed by atoms with Gasteiger partial charge in [-0.1, -0.05) is 30.3 Å². The van der Waals surface area contributed by atoms with Crippen molar-refractivity contribution in [3.63, 3.8) is 0 Å². The van der Waals surface area contributed by atoms with Gasteiger partial charge in [0, 0.05) is 44.0 Å². The Labute approximate surface area is 153 Å². The Hall–Kier alpha value is -2.34. The third-order valence-corrected chi connectivity index (χ3v) is 5.56. The van der Waals surface area contributed by atoms with Gasteiger partial charge in [0.05, 0.1) is 6.10 Å². The van der Waals surface area contributed by atoms with Crippen molar-refractivity contribution in [1.82, 2.24) is 19.8 Å². The number of benzene rings is 1. The molecule has 1 aromatic carbocycles. The van der Waals surface area contributed by atoms with Gasteiger partial charge in [-0.15, -0.1) is 0 Å². The number of imidazole rings is 1. The molecule has 4 rings (SSSR count). The smallest absolute Gasteiger partial charge is 0.317 e. The van der Waals surface area contributed by atoms with E-state index in [-0.39, 0.29) is 24.2 Å². The summed E-state index contributed by atoms with van der Waals surface area (Å²) in [6, 6.07) is 10.7. The molecule has 26 heavy (non-hydrogen) atoms. The lowest BCUT2D eigenvalue weighted by atomic mass is 10.0. The van der Waals surface area contributed by atoms with Crippen molar-refractivity contribution in [3.05, 3.63) is 54.1 Å². The zero-order valence-electron chi connectivity index (χ0n) is 14.9. The SMILES string of the molecule is O=C(NCCc1nccn1Cc1ccccc1)N1C2CCC1CC(O)C2. The Bertz CT molecular complexity index is 731. The third-order valence-electron chi connectivity index (χ3n) is 5.56. The van der Waals surface area contributed by atoms with E-state index in [0.717, 1.165) is 25.2 Å². The molecule has 6 nitrogen and oxygen atoms in total. The molecule has 2 fully saturated rings. The van der Waals surface area contributed by atoms with Crippen LogP contribution in [0.2, 0.25) is 0 Å². The molecule has 3 heterocycles. The molecule has 2 aliphatic rings. The molecular weight excluding hydrogens is 328 g/mol. The molecule has 2 atom stereocenters. The zero-order valence-corrected chi connectivity index (χ0v) is 14.9. The van der Waals surface area contributed by atoms with Crippen LogP contribution in [0.4, 0.5) is 4.79 Å². The second-order valence-corrected chi connectivity index (χ2v) is 7.36. The van der Waals surface area contributed by atoms with Gasteiger partial charge >= 0.3 is 6.03 Å². The quantitative estimate of drug-likeness (QED) is 0.864. The highest BCUT2D eigenvalue weighted by Crippen LogP contribution is 2.35. The standard InChI is InChI=1S/C20H26N4O2/c25-18-12-16-6-7-17(13-18)24(16)20(26)22-9-8-19-21-10-11-23(19)14-15-4-2-1-3-5-15/h1-5,10-11,16-18,25H,6-9,12-14H2,(H,22,26). The molecule has 0 spiro atoms. The lowest BCUT2D eigenvalue weighted by molar-refractivity contribution is 0.0543. The minimum Gasteiger partial charge on any atom is -0.393 e. The molecule has 2 aliphatic heterocycles. The number of carbonyl (C=O) groups is 1. The van der Waals surface area contributed by atoms with E-state index in [9.17, 15) is 9.90 Å². The van der Waals surface area contributed by atoms with Crippen molar-refractivity contribution in [2.45, 2.75) is 56.8 Å². The second kappa shape index (κ2) is 7.50. The molecule has 2 saturated heterocycles. The fourth-order valence-electron chi connectivity index (χ4n) is 4.34. The number of carbonyl (C=O) groups excluding carboxylic acids is 1. The molecular formula is C20H26N4O2. The molecule has 2 aromatic rings. The van der Waals surface area contributed by atoms with E-state index in [0.29, 0.717) is 25.8 Å². The van der Waals surface area contributed by atoms with E-state index in [2.05, 4.69) is 27.0 Å². The first-order valence-corrected chi connectivity index (χ1v) is 9.49. The van der Waals surface area contributed by atoms with Gasteiger partial charge in [-0.2, -0.15) is 0 Å². The normalized spacial score (nSPS) is 24.7. The second-order valence-electron chi connectivity index (χ2n) is 7.36. The van der Waals surface area contributed by atoms with E-state index in [1.807, 2.05) is 35.5 Å². The lowest BCUT2D eigenvalue weighted by Crippen LogP contribution is -2.52. The summed E-state index contributed by atoms with van der Waals surface area (Å²) in [6.07, 6.45) is 7.70. The number of nitrogens with one attached hydrogen (secondary N) is 1. The average Bonchev–Trinajstić information content (AvgIpc) is 3.18. The molecule has 0 aliphatic carbocycles. The molecule has 2 amide bonds. The van der Waals surface area contributed by atoms with E-state index in [4.69, 9.17) is 0 Å². The summed E-state index contributed by atoms with van der Waals surface area (Å²) >= 11 is 0. The van der Waals surface area contributed by atoms with Crippen LogP contribution < -0.4 is 5.32 Å². The van der Waals surface area contributed by atoms with Gasteiger partial charge in [-0.3, -0.25) is 0 Å². The van der Waals surface area contributed by atoms with Crippen LogP contribution in [0.1, 0.15) is 37.1 Å². The maximum absolute atomic E-state index is 12.6. The van der Waals surface area contributed by atoms with Crippen LogP contribution in [0.5, 0.6) is 0 Å². The number of hydrogen-bond acceptors (Lipinski definition) is 3. The molecule has 0 saturated carbocycles. The number of nitrogens with zero attached hydrogens (tertiary/aromatic N) is 3. The first-order valence-electron chi connectivity index (χ1n) is 9.49. The summed E-state index contributed by atoms with van der Waals surface area (Å²) in [7, 11) is 0. The predicted molar refractivity (Wildman–Crippen MR) is 98.8 cm³/mol. The Balaban J connectivity index is 1.30. The average molecular weight is 354 g/mol. The molecule has 2 unspecified atom stereocenters. The number of urea groups is 1. The predicted octanol–water partition coefficient (Wildman–Crippen LogP) is 2.17. The molecule has 6 heteroatoms. The topological polar surface area (TPSA) is 70.4 Å². The number of rotatable bonds is 5. The highest BCUT2D eigenvalue weighted by molar-refractivity contribution is 5.75. The third kappa shape index (κ3) is 3.60. The molecule has 1 aromatic heterocycles. The molecule has 2 bridgehead atoms. The van der Waals surface area contributed by atoms with E-state index in [1.165, 1.54) is 5.56 Å². The largest absolute Gasteiger partial charge is 0.393 e. The van der Waals surface area contributed by atoms with Crippen LogP contribution in [-0.4, -0.2) is 50.3 Å². The Morgan fingerprint density at radius 3 is 2.65 bits per heavy atom. The summed E-state index contributed by atoms with van der Waals surface area (Å²) in [6.45, 7) is 1.36. The van der Waals surface area contributed by atoms with Crippen LogP contribution in [-0.2, 0) is 13.0 Å². The highest BCUT2D eigenvalue weighted by atomic mass is 16.3. The van der Waals surface area contributed by atoms with Crippen LogP contribution in [0.15, 0.2) is 42.7 Å². The van der Waals surface area contributed by atoms with Crippen molar-refractivity contribution >= 4 is 6.03 Å². The summed E-state index contributed by atoms with van der Waals surface area (Å²) in [5.41, 5.74) is 1.24. The fraction of sp³-hybridized carbons (Fsp3) is 0.500. The fourth-order valence-corrected chi connectivity index (χ4v) is 4.34. The number of hydrogen-bond donors (Lipinski definition) is 2. The van der Waals surface area contributed by atoms with Crippen LogP contribution in [0.25, 0.3) is 0 Å². The summed E-state index contributed by atoms with van der Waals surface area (Å²) in [4.78, 5) is 19.0. The van der Waals surface area contributed by atoms with Gasteiger partial charge in [-0.05, 0) is 31.2 Å². The van der Waals surface area contributed by atoms with Crippen LogP contribution >= 0.6 is 0 Å². The number of fused-ring (bicyclic) bond motifs is 2. The Morgan fingerprint density at radius 2 is 1.92 bits per heavy atom. The number of piperidine rings is 1. The van der Waals surface area contributed by atoms with Gasteiger partial charge in [0.25, 0.3) is 0 Å². The maximum atomic E-state index is 12.6. The van der Waals surface area contributed by atoms with Crippen molar-refractivity contribution < 1.29 is 9.90 Å². The van der Waals surface area contributed by atoms with E-state index in [1.54, 1.807) is 0 Å². The first kappa shape index (κ1) is 17.1. The maximum Gasteiger partial charge on any atom is 0.317 e. The van der Waals surface area contributed by atoms with E-state index >= 15 is 0 Å². The number of aliphatic hydroxyl groups excluding tert-OH is 1. The minimum atomic E-state index is -0.248.